The van der Waals surface area contributed by atoms with Crippen LogP contribution in [0.4, 0.5) is 0 Å². The third kappa shape index (κ3) is 1.21. The van der Waals surface area contributed by atoms with Crippen molar-refractivity contribution in [1.29, 1.82) is 0 Å². The molecule has 0 N–H and O–H groups in total. The predicted octanol–water partition coefficient (Wildman–Crippen LogP) is 1.28. The second kappa shape index (κ2) is 2.53. The highest BCUT2D eigenvalue weighted by atomic mass is 79.9. The third-order valence-electron chi connectivity index (χ3n) is 1.89. The van der Waals surface area contributed by atoms with Gasteiger partial charge >= 0.3 is 0 Å². The zero-order chi connectivity index (χ0) is 7.19. The van der Waals surface area contributed by atoms with Crippen LogP contribution >= 0.6 is 22.3 Å². The van der Waals surface area contributed by atoms with Crippen molar-refractivity contribution in [3.63, 3.8) is 0 Å². The first-order chi connectivity index (χ1) is 4.77. The molecule has 0 saturated carbocycles. The molecule has 0 atom stereocenters. The largest absolute Gasteiger partial charge is 0.260 e. The van der Waals surface area contributed by atoms with Gasteiger partial charge in [-0.3, -0.25) is 9.34 Å². The third-order valence-corrected chi connectivity index (χ3v) is 9.63. The van der Waals surface area contributed by atoms with Crippen molar-refractivity contribution in [2.45, 2.75) is 0 Å². The summed E-state index contributed by atoms with van der Waals surface area (Å²) in [6.07, 6.45) is -1.21. The van der Waals surface area contributed by atoms with Crippen LogP contribution in [0.2, 0.25) is 0 Å². The molecule has 0 radical (unpaired) electrons. The molecule has 0 aromatic rings. The summed E-state index contributed by atoms with van der Waals surface area (Å²) in [6.45, 7) is 4.94. The van der Waals surface area contributed by atoms with Crippen molar-refractivity contribution in [2.75, 3.05) is 31.3 Å². The molecule has 2 nitrogen and oxygen atoms in total. The molecule has 2 heterocycles. The molecule has 0 bridgehead atoms. The Morgan fingerprint density at radius 3 is 1.80 bits per heavy atom. The number of rotatable bonds is 3. The van der Waals surface area contributed by atoms with E-state index in [0.717, 1.165) is 5.07 Å². The Hall–Kier alpha value is 1.05. The Balaban J connectivity index is 2.11. The van der Waals surface area contributed by atoms with Gasteiger partial charge in [0, 0.05) is 26.2 Å². The Morgan fingerprint density at radius 1 is 1.20 bits per heavy atom. The van der Waals surface area contributed by atoms with Gasteiger partial charge in [-0.2, -0.15) is 0 Å². The molecule has 10 heavy (non-hydrogen) atoms. The summed E-state index contributed by atoms with van der Waals surface area (Å²) < 4.78 is 4.87. The fourth-order valence-corrected chi connectivity index (χ4v) is 6.02. The van der Waals surface area contributed by atoms with E-state index >= 15 is 0 Å². The second-order valence-electron chi connectivity index (χ2n) is 2.69. The fraction of sp³-hybridized carbons (Fsp3) is 1.00. The molecule has 0 aromatic heterocycles. The van der Waals surface area contributed by atoms with Crippen molar-refractivity contribution >= 4 is 34.1 Å². The van der Waals surface area contributed by atoms with Gasteiger partial charge in [-0.1, -0.05) is 27.7 Å². The van der Waals surface area contributed by atoms with Crippen LogP contribution in [0.5, 0.6) is 0 Å². The van der Waals surface area contributed by atoms with Crippen LogP contribution in [-0.2, 0) is 11.8 Å². The highest BCUT2D eigenvalue weighted by Crippen LogP contribution is 2.61. The molecule has 0 amide bonds. The molecule has 58 valence electrons. The number of nitrogens with zero attached hydrogens (tertiary/aromatic N) is 2. The molecule has 0 spiro atoms. The average Bonchev–Trinajstić information content (AvgIpc) is 2.73. The van der Waals surface area contributed by atoms with Crippen molar-refractivity contribution in [3.05, 3.63) is 0 Å². The summed E-state index contributed by atoms with van der Waals surface area (Å²) >= 11 is 9.11. The molecule has 2 aliphatic rings. The van der Waals surface area contributed by atoms with E-state index in [1.807, 2.05) is 0 Å². The van der Waals surface area contributed by atoms with E-state index < -0.39 is 6.34 Å². The van der Waals surface area contributed by atoms with Gasteiger partial charge in [0.15, 0.2) is 0 Å². The minimum atomic E-state index is -1.21. The summed E-state index contributed by atoms with van der Waals surface area (Å²) in [5, 5.41) is 1.01. The average molecular weight is 241 g/mol. The SMILES string of the molecule is S=P(CBr)(N1CC1)N1CC1. The van der Waals surface area contributed by atoms with Crippen molar-refractivity contribution in [2.24, 2.45) is 0 Å². The van der Waals surface area contributed by atoms with Crippen LogP contribution in [0, 0.1) is 0 Å². The van der Waals surface area contributed by atoms with Crippen LogP contribution in [0.1, 0.15) is 0 Å². The minimum Gasteiger partial charge on any atom is -0.260 e. The van der Waals surface area contributed by atoms with Crippen LogP contribution < -0.4 is 0 Å². The first-order valence-electron chi connectivity index (χ1n) is 3.43. The molecular formula is C5H10BrN2PS. The lowest BCUT2D eigenvalue weighted by Crippen LogP contribution is -2.03. The lowest BCUT2D eigenvalue weighted by Gasteiger charge is -2.21. The van der Waals surface area contributed by atoms with Crippen LogP contribution in [0.25, 0.3) is 0 Å². The summed E-state index contributed by atoms with van der Waals surface area (Å²) in [5.41, 5.74) is 0. The Morgan fingerprint density at radius 2 is 1.60 bits per heavy atom. The lowest BCUT2D eigenvalue weighted by atomic mass is 11.0. The topological polar surface area (TPSA) is 6.02 Å². The standard InChI is InChI=1S/C5H10BrN2PS/c6-5-9(10,7-1-2-7)8-3-4-8/h1-5H2. The van der Waals surface area contributed by atoms with E-state index in [1.54, 1.807) is 0 Å². The first kappa shape index (κ1) is 7.69. The van der Waals surface area contributed by atoms with Crippen LogP contribution in [0.3, 0.4) is 0 Å². The van der Waals surface area contributed by atoms with Gasteiger partial charge in [-0.25, -0.2) is 0 Å². The number of halogens is 1. The summed E-state index contributed by atoms with van der Waals surface area (Å²) in [5.74, 6) is 0. The van der Waals surface area contributed by atoms with E-state index in [0.29, 0.717) is 0 Å². The van der Waals surface area contributed by atoms with Gasteiger partial charge in [0.1, 0.15) is 0 Å². The molecular weight excluding hydrogens is 231 g/mol. The van der Waals surface area contributed by atoms with Crippen molar-refractivity contribution < 1.29 is 0 Å². The molecule has 0 aromatic carbocycles. The van der Waals surface area contributed by atoms with E-state index in [9.17, 15) is 0 Å². The zero-order valence-corrected chi connectivity index (χ0v) is 8.96. The zero-order valence-electron chi connectivity index (χ0n) is 5.66. The molecule has 2 fully saturated rings. The number of hydrogen-bond acceptors (Lipinski definition) is 1. The first-order valence-corrected chi connectivity index (χ1v) is 7.45. The molecule has 5 heteroatoms. The quantitative estimate of drug-likeness (QED) is 0.417. The molecule has 0 aliphatic carbocycles. The predicted molar refractivity (Wildman–Crippen MR) is 51.2 cm³/mol. The highest BCUT2D eigenvalue weighted by Gasteiger charge is 2.42. The van der Waals surface area contributed by atoms with E-state index in [4.69, 9.17) is 11.8 Å². The normalized spacial score (nSPS) is 26.9. The van der Waals surface area contributed by atoms with Gasteiger partial charge in [-0.15, -0.1) is 0 Å². The summed E-state index contributed by atoms with van der Waals surface area (Å²) in [6, 6.07) is 0. The smallest absolute Gasteiger partial charge is 0.0880 e. The maximum absolute atomic E-state index is 5.59. The molecule has 2 rings (SSSR count). The van der Waals surface area contributed by atoms with Gasteiger partial charge in [0.25, 0.3) is 0 Å². The van der Waals surface area contributed by atoms with E-state index in [2.05, 4.69) is 25.3 Å². The van der Waals surface area contributed by atoms with Crippen molar-refractivity contribution in [1.82, 2.24) is 9.34 Å². The highest BCUT2D eigenvalue weighted by molar-refractivity contribution is 9.10. The Bertz CT molecular complexity index is 174. The van der Waals surface area contributed by atoms with Crippen LogP contribution in [-0.4, -0.2) is 40.6 Å². The van der Waals surface area contributed by atoms with Gasteiger partial charge < -0.3 is 0 Å². The molecule has 2 saturated heterocycles. The molecule has 2 aliphatic heterocycles. The van der Waals surface area contributed by atoms with Crippen molar-refractivity contribution in [3.8, 4) is 0 Å². The van der Waals surface area contributed by atoms with Gasteiger partial charge in [0.2, 0.25) is 0 Å². The Labute approximate surface area is 74.8 Å². The second-order valence-corrected chi connectivity index (χ2v) is 8.65. The van der Waals surface area contributed by atoms with Gasteiger partial charge in [0.05, 0.1) is 11.4 Å². The monoisotopic (exact) mass is 240 g/mol. The van der Waals surface area contributed by atoms with Gasteiger partial charge in [-0.05, 0) is 0 Å². The van der Waals surface area contributed by atoms with E-state index in [-0.39, 0.29) is 0 Å². The van der Waals surface area contributed by atoms with E-state index in [1.165, 1.54) is 26.2 Å². The molecule has 0 unspecified atom stereocenters. The number of hydrogen-bond donors (Lipinski definition) is 0. The maximum atomic E-state index is 5.59. The number of alkyl halides is 1. The fourth-order valence-electron chi connectivity index (χ4n) is 1.04. The Kier molecular flexibility index (Phi) is 1.94. The minimum absolute atomic E-state index is 1.01. The van der Waals surface area contributed by atoms with Crippen LogP contribution in [0.15, 0.2) is 0 Å². The maximum Gasteiger partial charge on any atom is 0.0880 e. The lowest BCUT2D eigenvalue weighted by molar-refractivity contribution is 0.799. The summed E-state index contributed by atoms with van der Waals surface area (Å²) in [7, 11) is 0. The summed E-state index contributed by atoms with van der Waals surface area (Å²) in [4.78, 5) is 0.